The van der Waals surface area contributed by atoms with Crippen molar-refractivity contribution in [3.63, 3.8) is 0 Å². The van der Waals surface area contributed by atoms with Crippen LogP contribution in [0.5, 0.6) is 0 Å². The van der Waals surface area contributed by atoms with E-state index < -0.39 is 0 Å². The molecule has 4 aromatic rings. The van der Waals surface area contributed by atoms with Gasteiger partial charge in [-0.25, -0.2) is 9.78 Å². The number of ether oxygens (including phenoxy) is 1. The molecule has 2 heterocycles. The summed E-state index contributed by atoms with van der Waals surface area (Å²) >= 11 is 1.51. The largest absolute Gasteiger partial charge is 0.462 e. The van der Waals surface area contributed by atoms with Gasteiger partial charge in [-0.1, -0.05) is 54.4 Å². The quantitative estimate of drug-likeness (QED) is 0.245. The van der Waals surface area contributed by atoms with E-state index in [0.717, 1.165) is 65.4 Å². The third-order valence-corrected chi connectivity index (χ3v) is 7.64. The number of fused-ring (bicyclic) bond motifs is 2. The molecule has 0 unspecified atom stereocenters. The van der Waals surface area contributed by atoms with Gasteiger partial charge in [0.15, 0.2) is 0 Å². The van der Waals surface area contributed by atoms with Crippen LogP contribution < -0.4 is 5.32 Å². The van der Waals surface area contributed by atoms with Crippen LogP contribution in [0.15, 0.2) is 54.6 Å². The van der Waals surface area contributed by atoms with Crippen LogP contribution in [0.3, 0.4) is 0 Å². The van der Waals surface area contributed by atoms with Crippen molar-refractivity contribution in [2.75, 3.05) is 11.9 Å². The van der Waals surface area contributed by atoms with Crippen LogP contribution in [-0.2, 0) is 17.6 Å². The van der Waals surface area contributed by atoms with Gasteiger partial charge in [0.05, 0.1) is 28.9 Å². The summed E-state index contributed by atoms with van der Waals surface area (Å²) in [6.45, 7) is 4.14. The van der Waals surface area contributed by atoms with Gasteiger partial charge in [0.2, 0.25) is 0 Å². The normalized spacial score (nSPS) is 13.2. The number of thiophene rings is 1. The van der Waals surface area contributed by atoms with Gasteiger partial charge in [-0.05, 0) is 57.2 Å². The molecule has 0 aliphatic heterocycles. The Hall–Kier alpha value is -3.51. The molecule has 2 aromatic heterocycles. The summed E-state index contributed by atoms with van der Waals surface area (Å²) in [6.07, 6.45) is 5.05. The molecule has 0 saturated carbocycles. The molecule has 0 atom stereocenters. The number of anilines is 1. The molecule has 2 aromatic carbocycles. The number of nitrogens with one attached hydrogen (secondary N) is 1. The number of benzene rings is 2. The molecule has 0 spiro atoms. The van der Waals surface area contributed by atoms with Crippen molar-refractivity contribution in [2.45, 2.75) is 46.0 Å². The van der Waals surface area contributed by atoms with Crippen LogP contribution >= 0.6 is 11.3 Å². The number of amides is 1. The molecule has 0 saturated heterocycles. The third-order valence-electron chi connectivity index (χ3n) is 6.44. The molecule has 1 aliphatic rings. The highest BCUT2D eigenvalue weighted by Gasteiger charge is 2.27. The van der Waals surface area contributed by atoms with E-state index >= 15 is 0 Å². The van der Waals surface area contributed by atoms with Crippen molar-refractivity contribution in [1.29, 1.82) is 0 Å². The number of aromatic nitrogens is 1. The topological polar surface area (TPSA) is 68.3 Å². The van der Waals surface area contributed by atoms with Gasteiger partial charge in [0.1, 0.15) is 5.00 Å². The third kappa shape index (κ3) is 4.71. The molecule has 5 rings (SSSR count). The van der Waals surface area contributed by atoms with Crippen molar-refractivity contribution in [3.8, 4) is 11.3 Å². The SMILES string of the molecule is CCOC(=O)c1c(NC(=O)c2cc(-c3ccc(C)cc3)nc3ccccc23)sc2c1CCCCC2. The Morgan fingerprint density at radius 2 is 1.80 bits per heavy atom. The van der Waals surface area contributed by atoms with E-state index in [1.54, 1.807) is 6.92 Å². The first-order valence-electron chi connectivity index (χ1n) is 12.1. The number of pyridine rings is 1. The fourth-order valence-corrected chi connectivity index (χ4v) is 5.93. The maximum Gasteiger partial charge on any atom is 0.341 e. The van der Waals surface area contributed by atoms with Gasteiger partial charge >= 0.3 is 5.97 Å². The molecule has 1 aliphatic carbocycles. The van der Waals surface area contributed by atoms with Gasteiger partial charge in [0, 0.05) is 15.8 Å². The van der Waals surface area contributed by atoms with E-state index in [4.69, 9.17) is 9.72 Å². The molecule has 6 heteroatoms. The minimum atomic E-state index is -0.359. The minimum absolute atomic E-state index is 0.251. The zero-order chi connectivity index (χ0) is 24.4. The lowest BCUT2D eigenvalue weighted by Gasteiger charge is -2.12. The summed E-state index contributed by atoms with van der Waals surface area (Å²) in [7, 11) is 0. The van der Waals surface area contributed by atoms with E-state index in [-0.39, 0.29) is 11.9 Å². The van der Waals surface area contributed by atoms with Gasteiger partial charge < -0.3 is 10.1 Å². The predicted molar refractivity (Wildman–Crippen MR) is 141 cm³/mol. The van der Waals surface area contributed by atoms with Gasteiger partial charge in [-0.15, -0.1) is 11.3 Å². The van der Waals surface area contributed by atoms with Gasteiger partial charge in [-0.2, -0.15) is 0 Å². The van der Waals surface area contributed by atoms with Gasteiger partial charge in [-0.3, -0.25) is 4.79 Å². The van der Waals surface area contributed by atoms with Crippen LogP contribution in [0.25, 0.3) is 22.2 Å². The van der Waals surface area contributed by atoms with E-state index in [9.17, 15) is 9.59 Å². The van der Waals surface area contributed by atoms with Crippen molar-refractivity contribution in [2.24, 2.45) is 0 Å². The van der Waals surface area contributed by atoms with Crippen molar-refractivity contribution >= 4 is 39.1 Å². The maximum absolute atomic E-state index is 13.7. The molecule has 0 fully saturated rings. The Labute approximate surface area is 209 Å². The predicted octanol–water partition coefficient (Wildman–Crippen LogP) is 6.97. The number of rotatable bonds is 5. The molecular formula is C29H28N2O3S. The molecule has 178 valence electrons. The van der Waals surface area contributed by atoms with E-state index in [1.165, 1.54) is 16.2 Å². The number of carbonyl (C=O) groups is 2. The second kappa shape index (κ2) is 10.0. The Morgan fingerprint density at radius 3 is 2.60 bits per heavy atom. The second-order valence-corrected chi connectivity index (χ2v) is 9.99. The lowest BCUT2D eigenvalue weighted by Crippen LogP contribution is -2.16. The molecule has 1 amide bonds. The van der Waals surface area contributed by atoms with E-state index in [1.807, 2.05) is 61.5 Å². The lowest BCUT2D eigenvalue weighted by atomic mass is 10.0. The molecule has 0 bridgehead atoms. The fourth-order valence-electron chi connectivity index (χ4n) is 4.66. The summed E-state index contributed by atoms with van der Waals surface area (Å²) < 4.78 is 5.38. The minimum Gasteiger partial charge on any atom is -0.462 e. The smallest absolute Gasteiger partial charge is 0.341 e. The Balaban J connectivity index is 1.57. The Morgan fingerprint density at radius 1 is 1.03 bits per heavy atom. The summed E-state index contributed by atoms with van der Waals surface area (Å²) in [5.74, 6) is -0.610. The summed E-state index contributed by atoms with van der Waals surface area (Å²) in [6, 6.07) is 17.6. The van der Waals surface area contributed by atoms with Gasteiger partial charge in [0.25, 0.3) is 5.91 Å². The van der Waals surface area contributed by atoms with Crippen LogP contribution in [0.2, 0.25) is 0 Å². The highest BCUT2D eigenvalue weighted by Crippen LogP contribution is 2.38. The number of esters is 1. The van der Waals surface area contributed by atoms with E-state index in [0.29, 0.717) is 22.7 Å². The molecule has 0 radical (unpaired) electrons. The van der Waals surface area contributed by atoms with Crippen LogP contribution in [-0.4, -0.2) is 23.5 Å². The summed E-state index contributed by atoms with van der Waals surface area (Å²) in [5, 5.41) is 4.43. The Kier molecular flexibility index (Phi) is 6.64. The lowest BCUT2D eigenvalue weighted by molar-refractivity contribution is 0.0527. The number of hydrogen-bond donors (Lipinski definition) is 1. The molecule has 1 N–H and O–H groups in total. The zero-order valence-electron chi connectivity index (χ0n) is 20.0. The first kappa shape index (κ1) is 23.2. The van der Waals surface area contributed by atoms with Crippen LogP contribution in [0.1, 0.15) is 62.9 Å². The average Bonchev–Trinajstić information content (AvgIpc) is 3.04. The highest BCUT2D eigenvalue weighted by molar-refractivity contribution is 7.17. The van der Waals surface area contributed by atoms with Crippen molar-refractivity contribution in [3.05, 3.63) is 81.7 Å². The average molecular weight is 485 g/mol. The zero-order valence-corrected chi connectivity index (χ0v) is 20.8. The Bertz CT molecular complexity index is 1410. The second-order valence-electron chi connectivity index (χ2n) is 8.88. The standard InChI is InChI=1S/C29H28N2O3S/c1-3-34-29(33)26-21-10-5-4-6-12-25(21)35-28(26)31-27(32)22-17-24(19-15-13-18(2)14-16-19)30-23-11-8-7-9-20(22)23/h7-9,11,13-17H,3-6,10,12H2,1-2H3,(H,31,32). The highest BCUT2D eigenvalue weighted by atomic mass is 32.1. The monoisotopic (exact) mass is 484 g/mol. The van der Waals surface area contributed by atoms with Crippen molar-refractivity contribution < 1.29 is 14.3 Å². The number of para-hydroxylation sites is 1. The van der Waals surface area contributed by atoms with Crippen LogP contribution in [0.4, 0.5) is 5.00 Å². The maximum atomic E-state index is 13.7. The van der Waals surface area contributed by atoms with Crippen molar-refractivity contribution in [1.82, 2.24) is 4.98 Å². The number of aryl methyl sites for hydroxylation is 2. The number of hydrogen-bond acceptors (Lipinski definition) is 5. The summed E-state index contributed by atoms with van der Waals surface area (Å²) in [5.41, 5.74) is 5.71. The first-order valence-corrected chi connectivity index (χ1v) is 13.0. The van der Waals surface area contributed by atoms with Crippen LogP contribution in [0, 0.1) is 6.92 Å². The summed E-state index contributed by atoms with van der Waals surface area (Å²) in [4.78, 5) is 32.6. The fraction of sp³-hybridized carbons (Fsp3) is 0.276. The molecule has 35 heavy (non-hydrogen) atoms. The number of nitrogens with zero attached hydrogens (tertiary/aromatic N) is 1. The molecular weight excluding hydrogens is 456 g/mol. The first-order chi connectivity index (χ1) is 17.0. The molecule has 5 nitrogen and oxygen atoms in total. The van der Waals surface area contributed by atoms with E-state index in [2.05, 4.69) is 5.32 Å². The number of carbonyl (C=O) groups excluding carboxylic acids is 2.